The molecule has 7 nitrogen and oxygen atoms in total. The topological polar surface area (TPSA) is 105 Å². The second kappa shape index (κ2) is 5.28. The number of aromatic nitrogens is 3. The number of carbonyl (C=O) groups is 2. The Balaban J connectivity index is 2.24. The fraction of sp³-hybridized carbons (Fsp3) is 0.0667. The Morgan fingerprint density at radius 1 is 1.27 bits per heavy atom. The van der Waals surface area contributed by atoms with Crippen LogP contribution in [0.4, 0.5) is 0 Å². The minimum atomic E-state index is -1.08. The predicted molar refractivity (Wildman–Crippen MR) is 77.6 cm³/mol. The largest absolute Gasteiger partial charge is 0.478 e. The smallest absolute Gasteiger partial charge is 0.338 e. The number of nitrogens with zero attached hydrogens (tertiary/aromatic N) is 2. The van der Waals surface area contributed by atoms with Gasteiger partial charge >= 0.3 is 11.9 Å². The van der Waals surface area contributed by atoms with E-state index in [1.165, 1.54) is 19.6 Å². The van der Waals surface area contributed by atoms with E-state index in [1.54, 1.807) is 24.3 Å². The molecule has 3 aromatic rings. The molecule has 0 fully saturated rings. The van der Waals surface area contributed by atoms with Gasteiger partial charge in [-0.1, -0.05) is 12.1 Å². The van der Waals surface area contributed by atoms with Gasteiger partial charge < -0.3 is 14.8 Å². The number of aromatic amines is 1. The molecule has 0 bridgehead atoms. The zero-order valence-electron chi connectivity index (χ0n) is 11.5. The zero-order valence-corrected chi connectivity index (χ0v) is 11.5. The van der Waals surface area contributed by atoms with E-state index < -0.39 is 11.9 Å². The average molecular weight is 297 g/mol. The first kappa shape index (κ1) is 13.7. The predicted octanol–water partition coefficient (Wildman–Crippen LogP) is 2.11. The van der Waals surface area contributed by atoms with Crippen LogP contribution in [0.3, 0.4) is 0 Å². The Kier molecular flexibility index (Phi) is 3.30. The van der Waals surface area contributed by atoms with Gasteiger partial charge in [0.25, 0.3) is 0 Å². The quantitative estimate of drug-likeness (QED) is 0.717. The molecule has 0 saturated heterocycles. The fourth-order valence-electron chi connectivity index (χ4n) is 2.26. The minimum absolute atomic E-state index is 0.0778. The second-order valence-electron chi connectivity index (χ2n) is 4.53. The summed E-state index contributed by atoms with van der Waals surface area (Å²) in [4.78, 5) is 34.0. The normalized spacial score (nSPS) is 10.6. The summed E-state index contributed by atoms with van der Waals surface area (Å²) in [6, 6.07) is 6.64. The van der Waals surface area contributed by atoms with E-state index in [9.17, 15) is 14.7 Å². The van der Waals surface area contributed by atoms with Crippen LogP contribution in [0, 0.1) is 0 Å². The number of H-pyrrole nitrogens is 1. The maximum absolute atomic E-state index is 11.6. The van der Waals surface area contributed by atoms with E-state index in [-0.39, 0.29) is 5.56 Å². The molecule has 0 amide bonds. The van der Waals surface area contributed by atoms with Gasteiger partial charge in [0, 0.05) is 11.8 Å². The van der Waals surface area contributed by atoms with Crippen molar-refractivity contribution in [3.63, 3.8) is 0 Å². The third kappa shape index (κ3) is 2.18. The molecule has 0 aliphatic heterocycles. The molecule has 2 heterocycles. The van der Waals surface area contributed by atoms with Crippen molar-refractivity contribution in [1.29, 1.82) is 0 Å². The monoisotopic (exact) mass is 297 g/mol. The highest BCUT2D eigenvalue weighted by Gasteiger charge is 2.18. The summed E-state index contributed by atoms with van der Waals surface area (Å²) in [6.45, 7) is 0. The lowest BCUT2D eigenvalue weighted by Gasteiger charge is -2.05. The molecule has 1 aromatic carbocycles. The van der Waals surface area contributed by atoms with Crippen molar-refractivity contribution in [1.82, 2.24) is 15.0 Å². The van der Waals surface area contributed by atoms with Gasteiger partial charge in [0.2, 0.25) is 0 Å². The summed E-state index contributed by atoms with van der Waals surface area (Å²) in [6.07, 6.45) is 2.71. The molecule has 0 saturated carbocycles. The van der Waals surface area contributed by atoms with Crippen LogP contribution < -0.4 is 0 Å². The van der Waals surface area contributed by atoms with Crippen LogP contribution in [-0.4, -0.2) is 39.1 Å². The number of carboxylic acids is 1. The third-order valence-corrected chi connectivity index (χ3v) is 3.26. The van der Waals surface area contributed by atoms with E-state index in [4.69, 9.17) is 0 Å². The first-order chi connectivity index (χ1) is 10.6. The number of hydrogen-bond acceptors (Lipinski definition) is 5. The Labute approximate surface area is 124 Å². The van der Waals surface area contributed by atoms with Crippen LogP contribution in [0.2, 0.25) is 0 Å². The highest BCUT2D eigenvalue weighted by atomic mass is 16.5. The van der Waals surface area contributed by atoms with Crippen molar-refractivity contribution in [2.24, 2.45) is 0 Å². The summed E-state index contributed by atoms with van der Waals surface area (Å²) in [7, 11) is 1.30. The molecule has 0 radical (unpaired) electrons. The Hall–Kier alpha value is -3.22. The number of carboxylic acid groups (broad SMARTS) is 1. The number of fused-ring (bicyclic) bond motifs is 1. The summed E-state index contributed by atoms with van der Waals surface area (Å²) < 4.78 is 4.69. The van der Waals surface area contributed by atoms with E-state index >= 15 is 0 Å². The van der Waals surface area contributed by atoms with Crippen LogP contribution >= 0.6 is 0 Å². The van der Waals surface area contributed by atoms with Gasteiger partial charge in [-0.25, -0.2) is 19.6 Å². The lowest BCUT2D eigenvalue weighted by molar-refractivity contribution is 0.0600. The highest BCUT2D eigenvalue weighted by molar-refractivity contribution is 6.07. The van der Waals surface area contributed by atoms with E-state index in [0.717, 1.165) is 0 Å². The molecule has 3 rings (SSSR count). The summed E-state index contributed by atoms with van der Waals surface area (Å²) in [5.41, 5.74) is 1.91. The molecule has 0 atom stereocenters. The number of rotatable bonds is 3. The first-order valence-corrected chi connectivity index (χ1v) is 6.36. The molecule has 0 spiro atoms. The number of benzene rings is 1. The van der Waals surface area contributed by atoms with Gasteiger partial charge in [0.05, 0.1) is 29.3 Å². The van der Waals surface area contributed by atoms with E-state index in [2.05, 4.69) is 19.7 Å². The van der Waals surface area contributed by atoms with Crippen LogP contribution in [0.25, 0.3) is 22.3 Å². The van der Waals surface area contributed by atoms with Crippen molar-refractivity contribution < 1.29 is 19.4 Å². The average Bonchev–Trinajstić information content (AvgIpc) is 2.98. The van der Waals surface area contributed by atoms with E-state index in [1.807, 2.05) is 0 Å². The van der Waals surface area contributed by atoms with Crippen LogP contribution in [0.15, 0.2) is 36.8 Å². The van der Waals surface area contributed by atoms with Crippen molar-refractivity contribution in [3.8, 4) is 11.3 Å². The molecule has 110 valence electrons. The van der Waals surface area contributed by atoms with Gasteiger partial charge in [0.15, 0.2) is 0 Å². The lowest BCUT2D eigenvalue weighted by atomic mass is 10.0. The maximum atomic E-state index is 11.6. The third-order valence-electron chi connectivity index (χ3n) is 3.26. The molecular weight excluding hydrogens is 286 g/mol. The molecular formula is C15H11N3O4. The standard InChI is InChI=1S/C15H11N3O4/c1-22-15(21)9-4-2-3-8(5-9)12-11-10(14(19)20)6-16-13(11)18-7-17-12/h2-7H,1H3,(H,19,20)(H,16,17,18). The van der Waals surface area contributed by atoms with Crippen molar-refractivity contribution in [3.05, 3.63) is 47.9 Å². The van der Waals surface area contributed by atoms with Gasteiger partial charge in [-0.05, 0) is 12.1 Å². The maximum Gasteiger partial charge on any atom is 0.338 e. The van der Waals surface area contributed by atoms with Crippen LogP contribution in [0.1, 0.15) is 20.7 Å². The Morgan fingerprint density at radius 3 is 2.82 bits per heavy atom. The van der Waals surface area contributed by atoms with Gasteiger partial charge in [-0.15, -0.1) is 0 Å². The number of methoxy groups -OCH3 is 1. The Bertz CT molecular complexity index is 885. The zero-order chi connectivity index (χ0) is 15.7. The summed E-state index contributed by atoms with van der Waals surface area (Å²) in [5.74, 6) is -1.55. The molecule has 0 unspecified atom stereocenters. The van der Waals surface area contributed by atoms with Gasteiger partial charge in [-0.2, -0.15) is 0 Å². The molecule has 0 aliphatic carbocycles. The minimum Gasteiger partial charge on any atom is -0.478 e. The molecule has 2 aromatic heterocycles. The number of hydrogen-bond donors (Lipinski definition) is 2. The molecule has 0 aliphatic rings. The van der Waals surface area contributed by atoms with Crippen molar-refractivity contribution >= 4 is 23.0 Å². The van der Waals surface area contributed by atoms with E-state index in [0.29, 0.717) is 27.9 Å². The second-order valence-corrected chi connectivity index (χ2v) is 4.53. The number of nitrogens with one attached hydrogen (secondary N) is 1. The number of aromatic carboxylic acids is 1. The Morgan fingerprint density at radius 2 is 2.09 bits per heavy atom. The summed E-state index contributed by atoms with van der Waals surface area (Å²) >= 11 is 0. The number of ether oxygens (including phenoxy) is 1. The fourth-order valence-corrected chi connectivity index (χ4v) is 2.26. The summed E-state index contributed by atoms with van der Waals surface area (Å²) in [5, 5.41) is 9.67. The lowest BCUT2D eigenvalue weighted by Crippen LogP contribution is -2.01. The van der Waals surface area contributed by atoms with Gasteiger partial charge in [-0.3, -0.25) is 0 Å². The van der Waals surface area contributed by atoms with Crippen LogP contribution in [0.5, 0.6) is 0 Å². The van der Waals surface area contributed by atoms with Crippen LogP contribution in [-0.2, 0) is 4.74 Å². The molecule has 2 N–H and O–H groups in total. The first-order valence-electron chi connectivity index (χ1n) is 6.36. The molecule has 7 heteroatoms. The number of esters is 1. The van der Waals surface area contributed by atoms with Crippen molar-refractivity contribution in [2.45, 2.75) is 0 Å². The highest BCUT2D eigenvalue weighted by Crippen LogP contribution is 2.28. The number of carbonyl (C=O) groups excluding carboxylic acids is 1. The van der Waals surface area contributed by atoms with Gasteiger partial charge in [0.1, 0.15) is 12.0 Å². The SMILES string of the molecule is COC(=O)c1cccc(-c2ncnc3[nH]cc(C(=O)O)c23)c1. The van der Waals surface area contributed by atoms with Crippen molar-refractivity contribution in [2.75, 3.05) is 7.11 Å². The molecule has 22 heavy (non-hydrogen) atoms.